The molecule has 1 atom stereocenters. The minimum atomic E-state index is -1.27. The lowest BCUT2D eigenvalue weighted by Gasteiger charge is -2.30. The molecule has 0 aromatic heterocycles. The van der Waals surface area contributed by atoms with Gasteiger partial charge < -0.3 is 9.84 Å². The van der Waals surface area contributed by atoms with Crippen LogP contribution in [0.15, 0.2) is 0 Å². The van der Waals surface area contributed by atoms with Crippen LogP contribution < -0.4 is 0 Å². The molecule has 1 N–H and O–H groups in total. The molecule has 0 aromatic rings. The lowest BCUT2D eigenvalue weighted by molar-refractivity contribution is -0.267. The molecular formula is C7H13NO4. The molecular weight excluding hydrogens is 162 g/mol. The van der Waals surface area contributed by atoms with E-state index in [1.807, 2.05) is 0 Å². The molecule has 1 unspecified atom stereocenters. The summed E-state index contributed by atoms with van der Waals surface area (Å²) in [6, 6.07) is 0. The zero-order valence-electron chi connectivity index (χ0n) is 7.24. The van der Waals surface area contributed by atoms with Crippen LogP contribution in [0.4, 0.5) is 0 Å². The highest BCUT2D eigenvalue weighted by atomic mass is 16.7. The number of hydrogen-bond donors (Lipinski definition) is 1. The number of carboxylic acid groups (broad SMARTS) is 1. The van der Waals surface area contributed by atoms with Gasteiger partial charge in [-0.05, 0) is 6.42 Å². The molecule has 0 bridgehead atoms. The molecule has 0 aromatic carbocycles. The number of hydrogen-bond acceptors (Lipinski definition) is 4. The van der Waals surface area contributed by atoms with E-state index in [9.17, 15) is 4.79 Å². The van der Waals surface area contributed by atoms with E-state index in [2.05, 4.69) is 0 Å². The molecule has 5 heteroatoms. The first-order valence-electron chi connectivity index (χ1n) is 3.77. The summed E-state index contributed by atoms with van der Waals surface area (Å²) in [5.41, 5.74) is -1.27. The fraction of sp³-hybridized carbons (Fsp3) is 0.857. The van der Waals surface area contributed by atoms with Crippen LogP contribution in [0.1, 0.15) is 12.8 Å². The lowest BCUT2D eigenvalue weighted by atomic mass is 10.2. The summed E-state index contributed by atoms with van der Waals surface area (Å²) in [6.45, 7) is 0.594. The van der Waals surface area contributed by atoms with Gasteiger partial charge in [0.25, 0.3) is 0 Å². The van der Waals surface area contributed by atoms with E-state index in [-0.39, 0.29) is 0 Å². The fourth-order valence-corrected chi connectivity index (χ4v) is 1.51. The van der Waals surface area contributed by atoms with Crippen LogP contribution >= 0.6 is 0 Å². The zero-order chi connectivity index (χ0) is 9.19. The monoisotopic (exact) mass is 175 g/mol. The molecule has 0 spiro atoms. The number of rotatable bonds is 3. The van der Waals surface area contributed by atoms with Gasteiger partial charge in [0.15, 0.2) is 0 Å². The summed E-state index contributed by atoms with van der Waals surface area (Å²) in [7, 11) is 2.83. The van der Waals surface area contributed by atoms with Gasteiger partial charge in [0.1, 0.15) is 0 Å². The highest BCUT2D eigenvalue weighted by molar-refractivity contribution is 5.77. The first kappa shape index (κ1) is 9.44. The topological polar surface area (TPSA) is 59.0 Å². The van der Waals surface area contributed by atoms with Crippen LogP contribution in [0.3, 0.4) is 0 Å². The lowest BCUT2D eigenvalue weighted by Crippen LogP contribution is -2.51. The Balaban J connectivity index is 2.83. The standard InChI is InChI=1S/C7H13NO4/c1-11-7(6(9)10)4-3-5-8(7)12-2/h3-5H2,1-2H3,(H,9,10). The van der Waals surface area contributed by atoms with E-state index in [1.54, 1.807) is 0 Å². The summed E-state index contributed by atoms with van der Waals surface area (Å²) in [5.74, 6) is -0.996. The quantitative estimate of drug-likeness (QED) is 0.657. The van der Waals surface area contributed by atoms with Crippen molar-refractivity contribution in [2.45, 2.75) is 18.6 Å². The highest BCUT2D eigenvalue weighted by Gasteiger charge is 2.49. The van der Waals surface area contributed by atoms with Gasteiger partial charge in [-0.2, -0.15) is 0 Å². The Bertz CT molecular complexity index is 184. The SMILES string of the molecule is CON1CCCC1(OC)C(=O)O. The molecule has 0 radical (unpaired) electrons. The van der Waals surface area contributed by atoms with E-state index in [0.29, 0.717) is 13.0 Å². The average molecular weight is 175 g/mol. The Hall–Kier alpha value is -0.650. The summed E-state index contributed by atoms with van der Waals surface area (Å²) >= 11 is 0. The van der Waals surface area contributed by atoms with Gasteiger partial charge in [-0.1, -0.05) is 0 Å². The molecule has 1 aliphatic rings. The van der Waals surface area contributed by atoms with Crippen molar-refractivity contribution in [3.8, 4) is 0 Å². The molecule has 12 heavy (non-hydrogen) atoms. The normalized spacial score (nSPS) is 30.8. The number of aliphatic carboxylic acids is 1. The minimum Gasteiger partial charge on any atom is -0.478 e. The predicted octanol–water partition coefficient (Wildman–Crippen LogP) is 0.0709. The van der Waals surface area contributed by atoms with Crippen molar-refractivity contribution in [3.05, 3.63) is 0 Å². The first-order chi connectivity index (χ1) is 5.67. The van der Waals surface area contributed by atoms with Crippen molar-refractivity contribution >= 4 is 5.97 Å². The van der Waals surface area contributed by atoms with Crippen LogP contribution in [0.2, 0.25) is 0 Å². The summed E-state index contributed by atoms with van der Waals surface area (Å²) in [4.78, 5) is 15.8. The van der Waals surface area contributed by atoms with Crippen molar-refractivity contribution in [1.82, 2.24) is 5.06 Å². The van der Waals surface area contributed by atoms with E-state index in [1.165, 1.54) is 19.3 Å². The molecule has 0 saturated carbocycles. The molecule has 0 aliphatic carbocycles. The predicted molar refractivity (Wildman–Crippen MR) is 40.3 cm³/mol. The van der Waals surface area contributed by atoms with E-state index < -0.39 is 11.7 Å². The number of carboxylic acids is 1. The maximum Gasteiger partial charge on any atom is 0.353 e. The van der Waals surface area contributed by atoms with Crippen LogP contribution in [0.25, 0.3) is 0 Å². The van der Waals surface area contributed by atoms with Crippen molar-refractivity contribution < 1.29 is 19.5 Å². The Labute approximate surface area is 70.8 Å². The largest absolute Gasteiger partial charge is 0.478 e. The van der Waals surface area contributed by atoms with Gasteiger partial charge in [-0.3, -0.25) is 4.84 Å². The molecule has 1 aliphatic heterocycles. The molecule has 1 heterocycles. The maximum atomic E-state index is 10.9. The van der Waals surface area contributed by atoms with Crippen molar-refractivity contribution in [2.75, 3.05) is 20.8 Å². The second-order valence-corrected chi connectivity index (χ2v) is 2.68. The summed E-state index contributed by atoms with van der Waals surface area (Å²) in [5, 5.41) is 10.3. The second-order valence-electron chi connectivity index (χ2n) is 2.68. The summed E-state index contributed by atoms with van der Waals surface area (Å²) in [6.07, 6.45) is 1.24. The van der Waals surface area contributed by atoms with E-state index >= 15 is 0 Å². The third-order valence-electron chi connectivity index (χ3n) is 2.17. The Kier molecular flexibility index (Phi) is 2.66. The summed E-state index contributed by atoms with van der Waals surface area (Å²) < 4.78 is 4.97. The number of hydroxylamine groups is 2. The Morgan fingerprint density at radius 1 is 1.58 bits per heavy atom. The van der Waals surface area contributed by atoms with Gasteiger partial charge in [-0.15, -0.1) is 5.06 Å². The molecule has 1 rings (SSSR count). The number of methoxy groups -OCH3 is 1. The maximum absolute atomic E-state index is 10.9. The van der Waals surface area contributed by atoms with Gasteiger partial charge in [0, 0.05) is 20.1 Å². The van der Waals surface area contributed by atoms with Crippen LogP contribution in [0, 0.1) is 0 Å². The first-order valence-corrected chi connectivity index (χ1v) is 3.77. The minimum absolute atomic E-state index is 0.465. The third-order valence-corrected chi connectivity index (χ3v) is 2.17. The second kappa shape index (κ2) is 3.38. The highest BCUT2D eigenvalue weighted by Crippen LogP contribution is 2.29. The molecule has 0 amide bonds. The molecule has 1 saturated heterocycles. The van der Waals surface area contributed by atoms with Gasteiger partial charge >= 0.3 is 5.97 Å². The van der Waals surface area contributed by atoms with Crippen molar-refractivity contribution in [3.63, 3.8) is 0 Å². The molecule has 70 valence electrons. The van der Waals surface area contributed by atoms with Gasteiger partial charge in [0.2, 0.25) is 5.72 Å². The van der Waals surface area contributed by atoms with Gasteiger partial charge in [0.05, 0.1) is 7.11 Å². The van der Waals surface area contributed by atoms with Crippen LogP contribution in [-0.4, -0.2) is 42.6 Å². The van der Waals surface area contributed by atoms with Crippen LogP contribution in [-0.2, 0) is 14.4 Å². The third kappa shape index (κ3) is 1.20. The Morgan fingerprint density at radius 3 is 2.58 bits per heavy atom. The smallest absolute Gasteiger partial charge is 0.353 e. The zero-order valence-corrected chi connectivity index (χ0v) is 7.24. The van der Waals surface area contributed by atoms with Crippen molar-refractivity contribution in [2.24, 2.45) is 0 Å². The Morgan fingerprint density at radius 2 is 2.25 bits per heavy atom. The van der Waals surface area contributed by atoms with E-state index in [0.717, 1.165) is 6.42 Å². The number of ether oxygens (including phenoxy) is 1. The van der Waals surface area contributed by atoms with Gasteiger partial charge in [-0.25, -0.2) is 4.79 Å². The number of nitrogens with zero attached hydrogens (tertiary/aromatic N) is 1. The van der Waals surface area contributed by atoms with E-state index in [4.69, 9.17) is 14.7 Å². The molecule has 1 fully saturated rings. The average Bonchev–Trinajstić information content (AvgIpc) is 2.47. The van der Waals surface area contributed by atoms with Crippen molar-refractivity contribution in [1.29, 1.82) is 0 Å². The van der Waals surface area contributed by atoms with Crippen LogP contribution in [0.5, 0.6) is 0 Å². The number of carbonyl (C=O) groups is 1. The molecule has 5 nitrogen and oxygen atoms in total. The fourth-order valence-electron chi connectivity index (χ4n) is 1.51.